The molecule has 2 atom stereocenters. The van der Waals surface area contributed by atoms with Crippen molar-refractivity contribution in [1.29, 1.82) is 0 Å². The molecule has 35 heavy (non-hydrogen) atoms. The fraction of sp³-hybridized carbons (Fsp3) is 0.444. The molecule has 3 aliphatic rings. The van der Waals surface area contributed by atoms with E-state index >= 15 is 0 Å². The number of aliphatic hydroxyl groups excluding tert-OH is 1. The Balaban J connectivity index is 1.73. The second kappa shape index (κ2) is 7.21. The van der Waals surface area contributed by atoms with Crippen LogP contribution in [0.3, 0.4) is 0 Å². The number of ether oxygens (including phenoxy) is 1. The molecular weight excluding hydrogens is 451 g/mol. The monoisotopic (exact) mass is 478 g/mol. The number of aromatic nitrogens is 2. The van der Waals surface area contributed by atoms with Gasteiger partial charge in [-0.15, -0.1) is 0 Å². The summed E-state index contributed by atoms with van der Waals surface area (Å²) in [6.07, 6.45) is 2.06. The van der Waals surface area contributed by atoms with Crippen LogP contribution in [0.15, 0.2) is 16.9 Å². The number of aryl methyl sites for hydroxylation is 1. The summed E-state index contributed by atoms with van der Waals surface area (Å²) in [5, 5.41) is 22.6. The fourth-order valence-corrected chi connectivity index (χ4v) is 6.40. The smallest absolute Gasteiger partial charge is 0.343 e. The molecule has 1 aromatic carbocycles. The summed E-state index contributed by atoms with van der Waals surface area (Å²) in [4.78, 5) is 30.9. The minimum absolute atomic E-state index is 0.0578. The highest BCUT2D eigenvalue weighted by Crippen LogP contribution is 2.49. The third-order valence-corrected chi connectivity index (χ3v) is 8.67. The molecule has 4 heterocycles. The second-order valence-electron chi connectivity index (χ2n) is 10.1. The van der Waals surface area contributed by atoms with E-state index in [9.17, 15) is 24.2 Å². The van der Waals surface area contributed by atoms with Crippen molar-refractivity contribution >= 4 is 16.9 Å². The van der Waals surface area contributed by atoms with Gasteiger partial charge in [0, 0.05) is 28.0 Å². The van der Waals surface area contributed by atoms with Crippen LogP contribution in [-0.2, 0) is 40.1 Å². The van der Waals surface area contributed by atoms with Gasteiger partial charge in [0.15, 0.2) is 5.60 Å². The van der Waals surface area contributed by atoms with Crippen LogP contribution >= 0.6 is 0 Å². The van der Waals surface area contributed by atoms with Crippen molar-refractivity contribution in [2.75, 3.05) is 6.61 Å². The van der Waals surface area contributed by atoms with Crippen molar-refractivity contribution < 1.29 is 24.1 Å². The second-order valence-corrected chi connectivity index (χ2v) is 10.1. The third kappa shape index (κ3) is 2.64. The van der Waals surface area contributed by atoms with Gasteiger partial charge in [0.2, 0.25) is 0 Å². The number of hydrogen-bond acceptors (Lipinski definition) is 6. The summed E-state index contributed by atoms with van der Waals surface area (Å²) in [6, 6.07) is 3.10. The number of esters is 1. The average molecular weight is 479 g/mol. The number of cyclic esters (lactones) is 1. The van der Waals surface area contributed by atoms with Crippen LogP contribution in [0.1, 0.15) is 66.5 Å². The molecule has 2 aromatic heterocycles. The summed E-state index contributed by atoms with van der Waals surface area (Å²) < 4.78 is 21.7. The lowest BCUT2D eigenvalue weighted by molar-refractivity contribution is -0.172. The van der Waals surface area contributed by atoms with E-state index in [-0.39, 0.29) is 48.7 Å². The van der Waals surface area contributed by atoms with Gasteiger partial charge in [-0.05, 0) is 55.4 Å². The molecule has 0 spiro atoms. The van der Waals surface area contributed by atoms with Crippen molar-refractivity contribution in [2.24, 2.45) is 0 Å². The van der Waals surface area contributed by atoms with E-state index in [4.69, 9.17) is 9.72 Å². The molecule has 2 aliphatic heterocycles. The molecular formula is C27H27FN2O5. The SMILES string of the molecule is CC[C@]1(CO)CCc2c(C)c(F)cc3nc4c(c1c23)Cn1c-4cc2c(c1=O)COC(=O)[C@]2(O)CC. The van der Waals surface area contributed by atoms with Crippen molar-refractivity contribution in [3.8, 4) is 11.4 Å². The van der Waals surface area contributed by atoms with Crippen LogP contribution in [0.4, 0.5) is 4.39 Å². The first-order chi connectivity index (χ1) is 16.7. The normalized spacial score (nSPS) is 24.2. The summed E-state index contributed by atoms with van der Waals surface area (Å²) >= 11 is 0. The largest absolute Gasteiger partial charge is 0.458 e. The zero-order valence-corrected chi connectivity index (χ0v) is 20.0. The molecule has 0 amide bonds. The van der Waals surface area contributed by atoms with Crippen LogP contribution in [0.25, 0.3) is 22.3 Å². The maximum atomic E-state index is 14.9. The van der Waals surface area contributed by atoms with E-state index in [1.807, 2.05) is 6.92 Å². The number of hydrogen-bond donors (Lipinski definition) is 2. The van der Waals surface area contributed by atoms with E-state index in [0.717, 1.165) is 22.1 Å². The molecule has 8 heteroatoms. The van der Waals surface area contributed by atoms with Gasteiger partial charge >= 0.3 is 5.97 Å². The molecule has 6 rings (SSSR count). The number of nitrogens with zero attached hydrogens (tertiary/aromatic N) is 2. The molecule has 0 saturated carbocycles. The predicted octanol–water partition coefficient (Wildman–Crippen LogP) is 3.11. The van der Waals surface area contributed by atoms with E-state index < -0.39 is 17.0 Å². The number of rotatable bonds is 3. The van der Waals surface area contributed by atoms with Crippen molar-refractivity contribution in [1.82, 2.24) is 9.55 Å². The number of fused-ring (bicyclic) bond motifs is 5. The Bertz CT molecular complexity index is 1520. The van der Waals surface area contributed by atoms with Gasteiger partial charge in [-0.2, -0.15) is 0 Å². The van der Waals surface area contributed by atoms with Crippen molar-refractivity contribution in [3.05, 3.63) is 61.7 Å². The van der Waals surface area contributed by atoms with E-state index in [1.165, 1.54) is 6.07 Å². The zero-order valence-electron chi connectivity index (χ0n) is 20.0. The standard InChI is InChI=1S/C27H27FN2O5/c1-4-26(12-31)7-6-14-13(3)18(28)9-19-21(14)22(26)15-10-30-20(23(15)29-19)8-17-16(24(30)32)11-35-25(33)27(17,34)5-2/h8-9,31,34H,4-7,10-12H2,1-3H3/t26-,27+/m1/s1. The minimum Gasteiger partial charge on any atom is -0.458 e. The van der Waals surface area contributed by atoms with Crippen LogP contribution in [-0.4, -0.2) is 32.3 Å². The number of halogens is 1. The van der Waals surface area contributed by atoms with Gasteiger partial charge in [-0.3, -0.25) is 4.79 Å². The van der Waals surface area contributed by atoms with Crippen molar-refractivity contribution in [2.45, 2.75) is 70.6 Å². The lowest BCUT2D eigenvalue weighted by atomic mass is 9.66. The first-order valence-corrected chi connectivity index (χ1v) is 12.1. The minimum atomic E-state index is -1.91. The number of carbonyl (C=O) groups excluding carboxylic acids is 1. The van der Waals surface area contributed by atoms with Gasteiger partial charge in [0.05, 0.1) is 35.6 Å². The average Bonchev–Trinajstić information content (AvgIpc) is 3.23. The summed E-state index contributed by atoms with van der Waals surface area (Å²) in [5.74, 6) is -1.10. The molecule has 3 aromatic rings. The van der Waals surface area contributed by atoms with Crippen LogP contribution in [0.5, 0.6) is 0 Å². The maximum absolute atomic E-state index is 14.9. The molecule has 0 fully saturated rings. The van der Waals surface area contributed by atoms with E-state index in [0.29, 0.717) is 41.7 Å². The van der Waals surface area contributed by atoms with Crippen LogP contribution < -0.4 is 5.56 Å². The highest BCUT2D eigenvalue weighted by molar-refractivity contribution is 5.94. The van der Waals surface area contributed by atoms with Crippen LogP contribution in [0, 0.1) is 12.7 Å². The molecule has 0 bridgehead atoms. The van der Waals surface area contributed by atoms with Gasteiger partial charge in [0.1, 0.15) is 12.4 Å². The number of pyridine rings is 2. The number of carbonyl (C=O) groups is 1. The Hall–Kier alpha value is -3.10. The highest BCUT2D eigenvalue weighted by Gasteiger charge is 2.46. The summed E-state index contributed by atoms with van der Waals surface area (Å²) in [5.41, 5.74) is 2.51. The highest BCUT2D eigenvalue weighted by atomic mass is 19.1. The zero-order chi connectivity index (χ0) is 24.9. The first kappa shape index (κ1) is 22.4. The molecule has 0 radical (unpaired) electrons. The van der Waals surface area contributed by atoms with Crippen molar-refractivity contribution in [3.63, 3.8) is 0 Å². The van der Waals surface area contributed by atoms with E-state index in [2.05, 4.69) is 0 Å². The van der Waals surface area contributed by atoms with Gasteiger partial charge in [-0.25, -0.2) is 14.2 Å². The quantitative estimate of drug-likeness (QED) is 0.439. The molecule has 182 valence electrons. The molecule has 1 aliphatic carbocycles. The van der Waals surface area contributed by atoms with E-state index in [1.54, 1.807) is 24.5 Å². The Morgan fingerprint density at radius 2 is 1.94 bits per heavy atom. The van der Waals surface area contributed by atoms with Gasteiger partial charge in [0.25, 0.3) is 5.56 Å². The lowest BCUT2D eigenvalue weighted by Gasteiger charge is -2.38. The van der Waals surface area contributed by atoms with Gasteiger partial charge in [-0.1, -0.05) is 13.8 Å². The molecule has 0 unspecified atom stereocenters. The third-order valence-electron chi connectivity index (χ3n) is 8.67. The van der Waals surface area contributed by atoms with Gasteiger partial charge < -0.3 is 19.5 Å². The summed E-state index contributed by atoms with van der Waals surface area (Å²) in [7, 11) is 0. The first-order valence-electron chi connectivity index (χ1n) is 12.1. The Morgan fingerprint density at radius 3 is 2.63 bits per heavy atom. The summed E-state index contributed by atoms with van der Waals surface area (Å²) in [6.45, 7) is 5.46. The molecule has 2 N–H and O–H groups in total. The lowest BCUT2D eigenvalue weighted by Crippen LogP contribution is -2.44. The Morgan fingerprint density at radius 1 is 1.17 bits per heavy atom. The maximum Gasteiger partial charge on any atom is 0.343 e. The fourth-order valence-electron chi connectivity index (χ4n) is 6.40. The topological polar surface area (TPSA) is 102 Å². The van der Waals surface area contributed by atoms with Crippen LogP contribution in [0.2, 0.25) is 0 Å². The predicted molar refractivity (Wildman–Crippen MR) is 127 cm³/mol. The molecule has 0 saturated heterocycles. The number of benzene rings is 1. The Kier molecular flexibility index (Phi) is 4.61. The number of aliphatic hydroxyl groups is 2. The molecule has 7 nitrogen and oxygen atoms in total. The Labute approximate surface area is 201 Å².